The number of oxazole rings is 1. The Morgan fingerprint density at radius 1 is 1.14 bits per heavy atom. The summed E-state index contributed by atoms with van der Waals surface area (Å²) in [5, 5.41) is 21.2. The van der Waals surface area contributed by atoms with Crippen molar-refractivity contribution >= 4 is 16.8 Å². The lowest BCUT2D eigenvalue weighted by Gasteiger charge is -2.09. The van der Waals surface area contributed by atoms with Gasteiger partial charge >= 0.3 is 0 Å². The van der Waals surface area contributed by atoms with Gasteiger partial charge in [-0.05, 0) is 24.3 Å². The van der Waals surface area contributed by atoms with Crippen LogP contribution in [0.1, 0.15) is 0 Å². The van der Waals surface area contributed by atoms with E-state index in [1.54, 1.807) is 0 Å². The molecule has 5 heteroatoms. The average Bonchev–Trinajstić information content (AvgIpc) is 2.96. The molecule has 0 aliphatic carbocycles. The Balaban J connectivity index is 1.85. The van der Waals surface area contributed by atoms with E-state index in [0.717, 1.165) is 16.8 Å². The summed E-state index contributed by atoms with van der Waals surface area (Å²) in [7, 11) is 0. The molecule has 1 atom stereocenters. The maximum atomic E-state index is 9.34. The van der Waals surface area contributed by atoms with E-state index >= 15 is 0 Å². The third-order valence-electron chi connectivity index (χ3n) is 3.16. The molecule has 3 aromatic rings. The first-order chi connectivity index (χ1) is 10.3. The van der Waals surface area contributed by atoms with Crippen molar-refractivity contribution < 1.29 is 14.6 Å². The normalized spacial score (nSPS) is 12.5. The van der Waals surface area contributed by atoms with Gasteiger partial charge in [0, 0.05) is 23.9 Å². The maximum Gasteiger partial charge on any atom is 0.227 e. The molecule has 1 heterocycles. The monoisotopic (exact) mass is 284 g/mol. The van der Waals surface area contributed by atoms with E-state index < -0.39 is 6.10 Å². The minimum atomic E-state index is -0.782. The van der Waals surface area contributed by atoms with Gasteiger partial charge in [0.15, 0.2) is 5.58 Å². The van der Waals surface area contributed by atoms with E-state index in [-0.39, 0.29) is 13.2 Å². The van der Waals surface area contributed by atoms with E-state index in [1.165, 1.54) is 0 Å². The predicted octanol–water partition coefficient (Wildman–Crippen LogP) is 2.26. The number of benzene rings is 2. The molecule has 3 N–H and O–H groups in total. The molecule has 0 saturated carbocycles. The Hall–Kier alpha value is -2.37. The lowest BCUT2D eigenvalue weighted by atomic mass is 10.2. The highest BCUT2D eigenvalue weighted by Gasteiger charge is 2.09. The second-order valence-corrected chi connectivity index (χ2v) is 4.78. The van der Waals surface area contributed by atoms with Gasteiger partial charge in [-0.1, -0.05) is 18.2 Å². The number of anilines is 1. The fraction of sp³-hybridized carbons (Fsp3) is 0.188. The average molecular weight is 284 g/mol. The number of hydrogen-bond acceptors (Lipinski definition) is 5. The highest BCUT2D eigenvalue weighted by atomic mass is 16.3. The molecule has 21 heavy (non-hydrogen) atoms. The summed E-state index contributed by atoms with van der Waals surface area (Å²) in [6.45, 7) is 0.0113. The van der Waals surface area contributed by atoms with Crippen molar-refractivity contribution in [2.45, 2.75) is 6.10 Å². The summed E-state index contributed by atoms with van der Waals surface area (Å²) in [5.41, 5.74) is 3.20. The van der Waals surface area contributed by atoms with Gasteiger partial charge in [-0.2, -0.15) is 0 Å². The van der Waals surface area contributed by atoms with Crippen molar-refractivity contribution in [1.82, 2.24) is 4.98 Å². The second-order valence-electron chi connectivity index (χ2n) is 4.78. The minimum absolute atomic E-state index is 0.268. The Morgan fingerprint density at radius 2 is 1.95 bits per heavy atom. The van der Waals surface area contributed by atoms with Gasteiger partial charge < -0.3 is 19.9 Å². The third kappa shape index (κ3) is 3.04. The smallest absolute Gasteiger partial charge is 0.227 e. The van der Waals surface area contributed by atoms with Crippen LogP contribution in [0.2, 0.25) is 0 Å². The van der Waals surface area contributed by atoms with Gasteiger partial charge in [0.05, 0.1) is 12.7 Å². The van der Waals surface area contributed by atoms with E-state index in [4.69, 9.17) is 9.52 Å². The van der Waals surface area contributed by atoms with Crippen LogP contribution in [0.3, 0.4) is 0 Å². The zero-order valence-electron chi connectivity index (χ0n) is 11.4. The summed E-state index contributed by atoms with van der Waals surface area (Å²) >= 11 is 0. The quantitative estimate of drug-likeness (QED) is 0.670. The summed E-state index contributed by atoms with van der Waals surface area (Å²) < 4.78 is 5.76. The molecule has 5 nitrogen and oxygen atoms in total. The lowest BCUT2D eigenvalue weighted by Crippen LogP contribution is -2.22. The predicted molar refractivity (Wildman–Crippen MR) is 81.0 cm³/mol. The molecule has 1 aromatic heterocycles. The maximum absolute atomic E-state index is 9.34. The molecule has 0 saturated heterocycles. The van der Waals surface area contributed by atoms with Crippen molar-refractivity contribution in [2.75, 3.05) is 18.5 Å². The van der Waals surface area contributed by atoms with E-state index in [9.17, 15) is 5.11 Å². The molecule has 0 amide bonds. The van der Waals surface area contributed by atoms with Crippen molar-refractivity contribution in [3.63, 3.8) is 0 Å². The van der Waals surface area contributed by atoms with Gasteiger partial charge in [0.25, 0.3) is 0 Å². The number of nitrogens with zero attached hydrogens (tertiary/aromatic N) is 1. The molecule has 0 fully saturated rings. The topological polar surface area (TPSA) is 78.5 Å². The van der Waals surface area contributed by atoms with Gasteiger partial charge in [0.1, 0.15) is 5.52 Å². The van der Waals surface area contributed by atoms with Crippen LogP contribution in [-0.4, -0.2) is 34.5 Å². The van der Waals surface area contributed by atoms with Gasteiger partial charge in [-0.3, -0.25) is 0 Å². The molecule has 3 rings (SSSR count). The zero-order chi connectivity index (χ0) is 14.7. The summed E-state index contributed by atoms with van der Waals surface area (Å²) in [4.78, 5) is 4.45. The Labute approximate surface area is 121 Å². The highest BCUT2D eigenvalue weighted by molar-refractivity contribution is 5.79. The van der Waals surface area contributed by atoms with Gasteiger partial charge in [-0.15, -0.1) is 0 Å². The standard InChI is InChI=1S/C16H16N2O3/c19-10-13(20)9-17-12-6-7-14-15(8-12)21-16(18-14)11-4-2-1-3-5-11/h1-8,13,17,19-20H,9-10H2. The van der Waals surface area contributed by atoms with Crippen molar-refractivity contribution in [3.05, 3.63) is 48.5 Å². The number of nitrogens with one attached hydrogen (secondary N) is 1. The first-order valence-corrected chi connectivity index (χ1v) is 6.75. The molecule has 0 spiro atoms. The fourth-order valence-corrected chi connectivity index (χ4v) is 2.04. The molecule has 0 aliphatic heterocycles. The lowest BCUT2D eigenvalue weighted by molar-refractivity contribution is 0.105. The number of rotatable bonds is 5. The van der Waals surface area contributed by atoms with Crippen LogP contribution in [0.15, 0.2) is 52.9 Å². The molecular formula is C16H16N2O3. The number of hydrogen-bond donors (Lipinski definition) is 3. The van der Waals surface area contributed by atoms with Crippen LogP contribution in [-0.2, 0) is 0 Å². The van der Waals surface area contributed by atoms with Crippen LogP contribution >= 0.6 is 0 Å². The Morgan fingerprint density at radius 3 is 2.71 bits per heavy atom. The van der Waals surface area contributed by atoms with Crippen molar-refractivity contribution in [1.29, 1.82) is 0 Å². The SMILES string of the molecule is OCC(O)CNc1ccc2nc(-c3ccccc3)oc2c1. The van der Waals surface area contributed by atoms with Crippen LogP contribution in [0.25, 0.3) is 22.6 Å². The Kier molecular flexibility index (Phi) is 3.85. The van der Waals surface area contributed by atoms with Crippen LogP contribution in [0.4, 0.5) is 5.69 Å². The molecule has 1 unspecified atom stereocenters. The highest BCUT2D eigenvalue weighted by Crippen LogP contribution is 2.26. The minimum Gasteiger partial charge on any atom is -0.436 e. The number of aliphatic hydroxyl groups is 2. The van der Waals surface area contributed by atoms with E-state index in [1.807, 2.05) is 48.5 Å². The summed E-state index contributed by atoms with van der Waals surface area (Å²) in [5.74, 6) is 0.582. The number of aromatic nitrogens is 1. The third-order valence-corrected chi connectivity index (χ3v) is 3.16. The van der Waals surface area contributed by atoms with Crippen LogP contribution in [0, 0.1) is 0 Å². The van der Waals surface area contributed by atoms with Gasteiger partial charge in [0.2, 0.25) is 5.89 Å². The summed E-state index contributed by atoms with van der Waals surface area (Å²) in [6, 6.07) is 15.3. The van der Waals surface area contributed by atoms with Gasteiger partial charge in [-0.25, -0.2) is 4.98 Å². The molecule has 0 bridgehead atoms. The van der Waals surface area contributed by atoms with E-state index in [0.29, 0.717) is 11.5 Å². The summed E-state index contributed by atoms with van der Waals surface area (Å²) in [6.07, 6.45) is -0.782. The zero-order valence-corrected chi connectivity index (χ0v) is 11.4. The molecule has 108 valence electrons. The van der Waals surface area contributed by atoms with E-state index in [2.05, 4.69) is 10.3 Å². The fourth-order valence-electron chi connectivity index (χ4n) is 2.04. The first-order valence-electron chi connectivity index (χ1n) is 6.75. The number of fused-ring (bicyclic) bond motifs is 1. The first kappa shape index (κ1) is 13.6. The second kappa shape index (κ2) is 5.95. The van der Waals surface area contributed by atoms with Crippen molar-refractivity contribution in [2.24, 2.45) is 0 Å². The Bertz CT molecular complexity index is 725. The van der Waals surface area contributed by atoms with Crippen molar-refractivity contribution in [3.8, 4) is 11.5 Å². The molecule has 2 aromatic carbocycles. The molecule has 0 radical (unpaired) electrons. The molecule has 0 aliphatic rings. The van der Waals surface area contributed by atoms with Crippen LogP contribution < -0.4 is 5.32 Å². The van der Waals surface area contributed by atoms with Crippen LogP contribution in [0.5, 0.6) is 0 Å². The molecular weight excluding hydrogens is 268 g/mol. The largest absolute Gasteiger partial charge is 0.436 e. The number of aliphatic hydroxyl groups excluding tert-OH is 2.